The Morgan fingerprint density at radius 1 is 0.968 bits per heavy atom. The van der Waals surface area contributed by atoms with E-state index in [0.717, 1.165) is 21.8 Å². The van der Waals surface area contributed by atoms with Gasteiger partial charge in [-0.3, -0.25) is 14.3 Å². The number of aromatic nitrogens is 2. The third kappa shape index (κ3) is 5.33. The molecule has 0 bridgehead atoms. The lowest BCUT2D eigenvalue weighted by molar-refractivity contribution is -0.0204. The van der Waals surface area contributed by atoms with Crippen LogP contribution in [0.25, 0.3) is 0 Å². The standard InChI is InChI=1S/C23H23FN2O4S/c24-22(26-12-11-19(27)25-23(26)28)21-20(30-14-17-9-5-2-6-10-17)18(31-21)15-29-13-16-7-3-1-4-8-16/h1-12,18,20-22H,13-15H2,(H,25,27,28)/t18-,20-,21?,22?/m1/s1. The molecule has 1 saturated heterocycles. The van der Waals surface area contributed by atoms with Gasteiger partial charge in [0.1, 0.15) is 0 Å². The van der Waals surface area contributed by atoms with E-state index in [9.17, 15) is 9.59 Å². The van der Waals surface area contributed by atoms with E-state index in [1.807, 2.05) is 60.7 Å². The van der Waals surface area contributed by atoms with Crippen LogP contribution < -0.4 is 11.2 Å². The topological polar surface area (TPSA) is 73.3 Å². The molecule has 4 atom stereocenters. The van der Waals surface area contributed by atoms with Crippen LogP contribution in [0.2, 0.25) is 0 Å². The Hall–Kier alpha value is -2.68. The first-order chi connectivity index (χ1) is 15.1. The van der Waals surface area contributed by atoms with Crippen LogP contribution in [-0.4, -0.2) is 32.8 Å². The summed E-state index contributed by atoms with van der Waals surface area (Å²) in [6.07, 6.45) is -0.879. The zero-order chi connectivity index (χ0) is 21.6. The number of alkyl halides is 1. The van der Waals surface area contributed by atoms with Crippen LogP contribution in [0, 0.1) is 0 Å². The molecule has 1 N–H and O–H groups in total. The minimum Gasteiger partial charge on any atom is -0.376 e. The average Bonchev–Trinajstić information content (AvgIpc) is 2.77. The minimum absolute atomic E-state index is 0.0610. The fourth-order valence-corrected chi connectivity index (χ4v) is 4.84. The summed E-state index contributed by atoms with van der Waals surface area (Å²) in [5.74, 6) is 0. The van der Waals surface area contributed by atoms with E-state index in [4.69, 9.17) is 9.47 Å². The third-order valence-corrected chi connectivity index (χ3v) is 6.65. The largest absolute Gasteiger partial charge is 0.376 e. The number of rotatable bonds is 9. The van der Waals surface area contributed by atoms with Gasteiger partial charge < -0.3 is 9.47 Å². The molecule has 2 heterocycles. The van der Waals surface area contributed by atoms with Gasteiger partial charge in [0, 0.05) is 12.3 Å². The molecule has 31 heavy (non-hydrogen) atoms. The molecule has 3 aromatic rings. The van der Waals surface area contributed by atoms with E-state index in [1.54, 1.807) is 0 Å². The van der Waals surface area contributed by atoms with Gasteiger partial charge in [0.25, 0.3) is 5.56 Å². The lowest BCUT2D eigenvalue weighted by atomic mass is 10.1. The van der Waals surface area contributed by atoms with Crippen LogP contribution in [0.4, 0.5) is 4.39 Å². The highest BCUT2D eigenvalue weighted by Crippen LogP contribution is 2.45. The van der Waals surface area contributed by atoms with E-state index in [2.05, 4.69) is 4.98 Å². The highest BCUT2D eigenvalue weighted by molar-refractivity contribution is 8.02. The van der Waals surface area contributed by atoms with Crippen molar-refractivity contribution in [1.82, 2.24) is 9.55 Å². The van der Waals surface area contributed by atoms with Crippen molar-refractivity contribution in [2.45, 2.75) is 36.1 Å². The molecule has 1 fully saturated rings. The number of ether oxygens (including phenoxy) is 2. The summed E-state index contributed by atoms with van der Waals surface area (Å²) in [6.45, 7) is 1.21. The van der Waals surface area contributed by atoms with Gasteiger partial charge in [-0.25, -0.2) is 9.18 Å². The molecule has 0 radical (unpaired) electrons. The first-order valence-corrected chi connectivity index (χ1v) is 10.9. The number of nitrogens with zero attached hydrogens (tertiary/aromatic N) is 1. The average molecular weight is 443 g/mol. The molecule has 0 spiro atoms. The Labute approximate surface area is 183 Å². The molecule has 1 aromatic heterocycles. The van der Waals surface area contributed by atoms with Crippen molar-refractivity contribution in [3.05, 3.63) is 105 Å². The van der Waals surface area contributed by atoms with Crippen molar-refractivity contribution >= 4 is 11.8 Å². The van der Waals surface area contributed by atoms with E-state index in [0.29, 0.717) is 19.8 Å². The monoisotopic (exact) mass is 442 g/mol. The van der Waals surface area contributed by atoms with Crippen LogP contribution in [0.1, 0.15) is 17.4 Å². The maximum absolute atomic E-state index is 15.2. The Kier molecular flexibility index (Phi) is 7.01. The van der Waals surface area contributed by atoms with Crippen molar-refractivity contribution in [3.8, 4) is 0 Å². The van der Waals surface area contributed by atoms with Crippen molar-refractivity contribution in [3.63, 3.8) is 0 Å². The zero-order valence-electron chi connectivity index (χ0n) is 16.7. The van der Waals surface area contributed by atoms with E-state index in [-0.39, 0.29) is 5.25 Å². The van der Waals surface area contributed by atoms with Crippen LogP contribution in [0.3, 0.4) is 0 Å². The minimum atomic E-state index is -1.62. The number of thioether (sulfide) groups is 1. The van der Waals surface area contributed by atoms with Crippen LogP contribution in [0.5, 0.6) is 0 Å². The summed E-state index contributed by atoms with van der Waals surface area (Å²) in [5.41, 5.74) is 0.719. The van der Waals surface area contributed by atoms with Gasteiger partial charge in [-0.1, -0.05) is 60.7 Å². The number of hydrogen-bond acceptors (Lipinski definition) is 5. The van der Waals surface area contributed by atoms with Crippen molar-refractivity contribution in [1.29, 1.82) is 0 Å². The van der Waals surface area contributed by atoms with E-state index in [1.165, 1.54) is 18.0 Å². The van der Waals surface area contributed by atoms with Crippen molar-refractivity contribution < 1.29 is 13.9 Å². The van der Waals surface area contributed by atoms with Gasteiger partial charge in [0.05, 0.1) is 36.4 Å². The molecule has 8 heteroatoms. The highest BCUT2D eigenvalue weighted by atomic mass is 32.2. The Morgan fingerprint density at radius 2 is 1.61 bits per heavy atom. The number of benzene rings is 2. The van der Waals surface area contributed by atoms with Crippen molar-refractivity contribution in [2.75, 3.05) is 6.61 Å². The zero-order valence-corrected chi connectivity index (χ0v) is 17.5. The highest BCUT2D eigenvalue weighted by Gasteiger charge is 2.48. The summed E-state index contributed by atoms with van der Waals surface area (Å²) in [6, 6.07) is 20.6. The van der Waals surface area contributed by atoms with Crippen LogP contribution in [-0.2, 0) is 22.7 Å². The fourth-order valence-electron chi connectivity index (χ4n) is 3.45. The molecule has 2 aromatic carbocycles. The number of nitrogens with one attached hydrogen (secondary N) is 1. The molecule has 0 saturated carbocycles. The molecular formula is C23H23FN2O4S. The summed E-state index contributed by atoms with van der Waals surface area (Å²) in [5, 5.41) is -0.647. The lowest BCUT2D eigenvalue weighted by Crippen LogP contribution is -2.53. The summed E-state index contributed by atoms with van der Waals surface area (Å²) >= 11 is 1.39. The summed E-state index contributed by atoms with van der Waals surface area (Å²) in [4.78, 5) is 25.4. The summed E-state index contributed by atoms with van der Waals surface area (Å²) < 4.78 is 28.0. The van der Waals surface area contributed by atoms with Crippen molar-refractivity contribution in [2.24, 2.45) is 0 Å². The van der Waals surface area contributed by atoms with Gasteiger partial charge in [0.2, 0.25) is 0 Å². The predicted octanol–water partition coefficient (Wildman–Crippen LogP) is 3.29. The quantitative estimate of drug-likeness (QED) is 0.551. The number of aromatic amines is 1. The predicted molar refractivity (Wildman–Crippen MR) is 118 cm³/mol. The Morgan fingerprint density at radius 3 is 2.26 bits per heavy atom. The molecule has 6 nitrogen and oxygen atoms in total. The fraction of sp³-hybridized carbons (Fsp3) is 0.304. The molecule has 0 amide bonds. The van der Waals surface area contributed by atoms with E-state index < -0.39 is 28.9 Å². The molecule has 4 rings (SSSR count). The maximum Gasteiger partial charge on any atom is 0.330 e. The first-order valence-electron chi connectivity index (χ1n) is 10.00. The van der Waals surface area contributed by atoms with Gasteiger partial charge in [0.15, 0.2) is 6.30 Å². The lowest BCUT2D eigenvalue weighted by Gasteiger charge is -2.44. The van der Waals surface area contributed by atoms with Gasteiger partial charge >= 0.3 is 5.69 Å². The summed E-state index contributed by atoms with van der Waals surface area (Å²) in [7, 11) is 0. The first kappa shape index (κ1) is 21.5. The Bertz CT molecular complexity index is 1090. The second kappa shape index (κ2) is 10.1. The SMILES string of the molecule is O=c1ccn(C(F)C2S[C@H](COCc3ccccc3)[C@H]2OCc2ccccc2)c(=O)[nH]1. The number of hydrogen-bond donors (Lipinski definition) is 1. The normalized spacial score (nSPS) is 21.4. The molecule has 0 aliphatic carbocycles. The molecule has 1 aliphatic heterocycles. The van der Waals surface area contributed by atoms with Crippen LogP contribution >= 0.6 is 11.8 Å². The Balaban J connectivity index is 1.42. The maximum atomic E-state index is 15.2. The smallest absolute Gasteiger partial charge is 0.330 e. The molecule has 162 valence electrons. The van der Waals surface area contributed by atoms with E-state index >= 15 is 4.39 Å². The second-order valence-electron chi connectivity index (χ2n) is 7.29. The third-order valence-electron chi connectivity index (χ3n) is 5.09. The molecular weight excluding hydrogens is 419 g/mol. The molecule has 1 aliphatic rings. The van der Waals surface area contributed by atoms with Gasteiger partial charge in [-0.2, -0.15) is 0 Å². The van der Waals surface area contributed by atoms with Gasteiger partial charge in [-0.15, -0.1) is 11.8 Å². The second-order valence-corrected chi connectivity index (χ2v) is 8.71. The number of H-pyrrole nitrogens is 1. The van der Waals surface area contributed by atoms with Gasteiger partial charge in [-0.05, 0) is 11.1 Å². The number of halogens is 1. The van der Waals surface area contributed by atoms with Crippen LogP contribution in [0.15, 0.2) is 82.5 Å². The molecule has 2 unspecified atom stereocenters.